The minimum Gasteiger partial charge on any atom is -0.245 e. The first-order valence-corrected chi connectivity index (χ1v) is 20.9. The molecule has 0 unspecified atom stereocenters. The Bertz CT molecular complexity index is 3370. The van der Waals surface area contributed by atoms with Crippen molar-refractivity contribution in [2.45, 2.75) is 0 Å². The van der Waals surface area contributed by atoms with Crippen molar-refractivity contribution >= 4 is 21.8 Å². The van der Waals surface area contributed by atoms with Crippen molar-refractivity contribution < 1.29 is 0 Å². The molecule has 0 aliphatic rings. The summed E-state index contributed by atoms with van der Waals surface area (Å²) in [6.07, 6.45) is 0. The van der Waals surface area contributed by atoms with Gasteiger partial charge in [-0.2, -0.15) is 0 Å². The average molecular weight is 791 g/mol. The molecule has 8 aromatic carbocycles. The van der Waals surface area contributed by atoms with Crippen molar-refractivity contribution in [2.75, 3.05) is 0 Å². The van der Waals surface area contributed by atoms with E-state index in [0.717, 1.165) is 94.7 Å². The van der Waals surface area contributed by atoms with Gasteiger partial charge in [0.15, 0.2) is 5.82 Å². The van der Waals surface area contributed by atoms with Crippen molar-refractivity contribution in [3.8, 4) is 89.8 Å². The van der Waals surface area contributed by atoms with E-state index in [1.165, 1.54) is 11.1 Å². The molecule has 0 fully saturated rings. The summed E-state index contributed by atoms with van der Waals surface area (Å²) in [4.78, 5) is 20.8. The van der Waals surface area contributed by atoms with Gasteiger partial charge in [0, 0.05) is 38.6 Å². The molecule has 0 bridgehead atoms. The number of hydrogen-bond donors (Lipinski definition) is 0. The van der Waals surface area contributed by atoms with Crippen LogP contribution < -0.4 is 0 Å². The number of aromatic nitrogens is 4. The summed E-state index contributed by atoms with van der Waals surface area (Å²) >= 11 is 0. The van der Waals surface area contributed by atoms with Crippen LogP contribution in [0.5, 0.6) is 0 Å². The molecule has 0 aliphatic heterocycles. The highest BCUT2D eigenvalue weighted by atomic mass is 14.9. The zero-order valence-electron chi connectivity index (χ0n) is 33.7. The monoisotopic (exact) mass is 790 g/mol. The van der Waals surface area contributed by atoms with Gasteiger partial charge in [-0.15, -0.1) is 0 Å². The van der Waals surface area contributed by atoms with E-state index in [4.69, 9.17) is 19.9 Å². The molecule has 3 heterocycles. The average Bonchev–Trinajstić information content (AvgIpc) is 3.37. The Morgan fingerprint density at radius 2 is 0.661 bits per heavy atom. The third-order valence-corrected chi connectivity index (χ3v) is 11.5. The maximum absolute atomic E-state index is 5.32. The second-order valence-electron chi connectivity index (χ2n) is 15.5. The predicted molar refractivity (Wildman–Crippen MR) is 256 cm³/mol. The lowest BCUT2D eigenvalue weighted by Gasteiger charge is -2.14. The van der Waals surface area contributed by atoms with Gasteiger partial charge in [-0.05, 0) is 63.7 Å². The highest BCUT2D eigenvalue weighted by molar-refractivity contribution is 6.10. The van der Waals surface area contributed by atoms with Gasteiger partial charge in [-0.25, -0.2) is 19.9 Å². The smallest absolute Gasteiger partial charge is 0.160 e. The molecule has 290 valence electrons. The summed E-state index contributed by atoms with van der Waals surface area (Å²) in [5.74, 6) is 0.689. The molecule has 0 saturated heterocycles. The molecule has 11 rings (SSSR count). The molecule has 0 spiro atoms. The Morgan fingerprint density at radius 1 is 0.226 bits per heavy atom. The summed E-state index contributed by atoms with van der Waals surface area (Å²) in [6.45, 7) is 0. The zero-order chi connectivity index (χ0) is 41.2. The minimum absolute atomic E-state index is 0.689. The topological polar surface area (TPSA) is 51.6 Å². The van der Waals surface area contributed by atoms with Crippen LogP contribution in [0.4, 0.5) is 0 Å². The van der Waals surface area contributed by atoms with Crippen molar-refractivity contribution in [3.63, 3.8) is 0 Å². The number of pyridine rings is 2. The molecule has 0 N–H and O–H groups in total. The Balaban J connectivity index is 1.02. The van der Waals surface area contributed by atoms with Gasteiger partial charge < -0.3 is 0 Å². The molecule has 11 aromatic rings. The summed E-state index contributed by atoms with van der Waals surface area (Å²) in [7, 11) is 0. The van der Waals surface area contributed by atoms with E-state index >= 15 is 0 Å². The third kappa shape index (κ3) is 7.20. The first-order chi connectivity index (χ1) is 30.7. The lowest BCUT2D eigenvalue weighted by molar-refractivity contribution is 1.18. The van der Waals surface area contributed by atoms with E-state index in [1.54, 1.807) is 0 Å². The second kappa shape index (κ2) is 16.0. The Labute approximate surface area is 360 Å². The van der Waals surface area contributed by atoms with Crippen LogP contribution in [0, 0.1) is 0 Å². The Hall–Kier alpha value is -8.34. The van der Waals surface area contributed by atoms with Crippen LogP contribution in [0.25, 0.3) is 112 Å². The molecular formula is C58H38N4. The lowest BCUT2D eigenvalue weighted by Crippen LogP contribution is -1.96. The van der Waals surface area contributed by atoms with Crippen molar-refractivity contribution in [3.05, 3.63) is 231 Å². The van der Waals surface area contributed by atoms with E-state index in [2.05, 4.69) is 194 Å². The first kappa shape index (κ1) is 36.7. The SMILES string of the molecule is c1ccc(-c2ccc(-c3cc(-c4cccc(-c5cccc(-c6cc(-c7ccccc7)nc7c6ccc6ccc(-c8ccccc8)nc67)c5)c4)nc(-c4ccccc4)n3)cc2)cc1. The maximum Gasteiger partial charge on any atom is 0.160 e. The Morgan fingerprint density at radius 3 is 1.32 bits per heavy atom. The fraction of sp³-hybridized carbons (Fsp3) is 0. The maximum atomic E-state index is 5.32. The number of hydrogen-bond acceptors (Lipinski definition) is 4. The van der Waals surface area contributed by atoms with Crippen molar-refractivity contribution in [1.82, 2.24) is 19.9 Å². The van der Waals surface area contributed by atoms with Gasteiger partial charge in [0.2, 0.25) is 0 Å². The number of nitrogens with zero attached hydrogens (tertiary/aromatic N) is 4. The van der Waals surface area contributed by atoms with Crippen LogP contribution in [0.2, 0.25) is 0 Å². The van der Waals surface area contributed by atoms with Crippen LogP contribution in [-0.4, -0.2) is 19.9 Å². The van der Waals surface area contributed by atoms with Crippen LogP contribution in [0.3, 0.4) is 0 Å². The largest absolute Gasteiger partial charge is 0.245 e. The van der Waals surface area contributed by atoms with Crippen LogP contribution in [0.15, 0.2) is 231 Å². The zero-order valence-corrected chi connectivity index (χ0v) is 33.7. The van der Waals surface area contributed by atoms with Crippen LogP contribution in [-0.2, 0) is 0 Å². The van der Waals surface area contributed by atoms with Crippen molar-refractivity contribution in [1.29, 1.82) is 0 Å². The highest BCUT2D eigenvalue weighted by Crippen LogP contribution is 2.38. The molecule has 0 aliphatic carbocycles. The number of fused-ring (bicyclic) bond motifs is 3. The summed E-state index contributed by atoms with van der Waals surface area (Å²) < 4.78 is 0. The van der Waals surface area contributed by atoms with E-state index in [-0.39, 0.29) is 0 Å². The molecule has 62 heavy (non-hydrogen) atoms. The minimum atomic E-state index is 0.689. The van der Waals surface area contributed by atoms with Gasteiger partial charge in [-0.1, -0.05) is 200 Å². The lowest BCUT2D eigenvalue weighted by atomic mass is 9.93. The van der Waals surface area contributed by atoms with Gasteiger partial charge in [0.05, 0.1) is 33.8 Å². The number of rotatable bonds is 8. The molecule has 4 nitrogen and oxygen atoms in total. The van der Waals surface area contributed by atoms with Crippen LogP contribution in [0.1, 0.15) is 0 Å². The van der Waals surface area contributed by atoms with Gasteiger partial charge >= 0.3 is 0 Å². The van der Waals surface area contributed by atoms with Gasteiger partial charge in [0.1, 0.15) is 0 Å². The molecular weight excluding hydrogens is 753 g/mol. The third-order valence-electron chi connectivity index (χ3n) is 11.5. The first-order valence-electron chi connectivity index (χ1n) is 20.9. The molecule has 0 radical (unpaired) electrons. The fourth-order valence-electron chi connectivity index (χ4n) is 8.28. The fourth-order valence-corrected chi connectivity index (χ4v) is 8.28. The molecule has 0 saturated carbocycles. The van der Waals surface area contributed by atoms with Gasteiger partial charge in [0.25, 0.3) is 0 Å². The molecule has 0 amide bonds. The predicted octanol–water partition coefficient (Wildman–Crippen LogP) is 14.9. The summed E-state index contributed by atoms with van der Waals surface area (Å²) in [5.41, 5.74) is 17.3. The summed E-state index contributed by atoms with van der Waals surface area (Å²) in [5, 5.41) is 2.11. The van der Waals surface area contributed by atoms with E-state index < -0.39 is 0 Å². The highest BCUT2D eigenvalue weighted by Gasteiger charge is 2.16. The standard InChI is InChI=1S/C58H38N4/c1-5-15-39(16-6-1)40-27-29-43(30-28-40)54-38-55(62-58(61-54)45-21-11-4-12-22-45)49-26-14-24-47(36-49)46-23-13-25-48(35-46)51-37-53(42-19-9-3-10-20-42)60-57-50(51)33-31-44-32-34-52(59-56(44)57)41-17-7-2-8-18-41/h1-38H. The van der Waals surface area contributed by atoms with Crippen LogP contribution >= 0.6 is 0 Å². The van der Waals surface area contributed by atoms with Gasteiger partial charge in [-0.3, -0.25) is 0 Å². The molecule has 4 heteroatoms. The summed E-state index contributed by atoms with van der Waals surface area (Å²) in [6, 6.07) is 80.5. The van der Waals surface area contributed by atoms with E-state index in [9.17, 15) is 0 Å². The Kier molecular flexibility index (Phi) is 9.49. The molecule has 3 aromatic heterocycles. The quantitative estimate of drug-likeness (QED) is 0.144. The van der Waals surface area contributed by atoms with E-state index in [0.29, 0.717) is 5.82 Å². The van der Waals surface area contributed by atoms with E-state index in [1.807, 2.05) is 36.4 Å². The second-order valence-corrected chi connectivity index (χ2v) is 15.5. The number of benzene rings is 8. The van der Waals surface area contributed by atoms with Crippen molar-refractivity contribution in [2.24, 2.45) is 0 Å². The molecule has 0 atom stereocenters. The normalized spacial score (nSPS) is 11.2.